The largest absolute Gasteiger partial charge is 0.476 e. The lowest BCUT2D eigenvalue weighted by Crippen LogP contribution is -2.12. The van der Waals surface area contributed by atoms with Crippen molar-refractivity contribution in [2.24, 2.45) is 0 Å². The SMILES string of the molecule is O=C(O)c1noc(C2CC2)c1C(=O)c1ccc(C[SH](=O)=O)cc1[N+](=O)[O-]. The Morgan fingerprint density at radius 3 is 2.58 bits per heavy atom. The molecule has 0 unspecified atom stereocenters. The number of ketones is 1. The third-order valence-electron chi connectivity index (χ3n) is 3.91. The molecule has 0 saturated heterocycles. The molecule has 1 N–H and O–H groups in total. The topological polar surface area (TPSA) is 158 Å². The number of carboxylic acids is 1. The van der Waals surface area contributed by atoms with E-state index in [9.17, 15) is 33.2 Å². The van der Waals surface area contributed by atoms with E-state index in [2.05, 4.69) is 5.16 Å². The lowest BCUT2D eigenvalue weighted by Gasteiger charge is -2.05. The number of aromatic nitrogens is 1. The minimum atomic E-state index is -2.80. The number of hydrogen-bond acceptors (Lipinski definition) is 8. The van der Waals surface area contributed by atoms with Gasteiger partial charge in [-0.1, -0.05) is 11.2 Å². The fraction of sp³-hybridized carbons (Fsp3) is 0.267. The number of nitro benzene ring substituents is 1. The van der Waals surface area contributed by atoms with E-state index in [4.69, 9.17) is 4.52 Å². The van der Waals surface area contributed by atoms with Gasteiger partial charge in [0.1, 0.15) is 21.8 Å². The molecule has 1 aromatic heterocycles. The van der Waals surface area contributed by atoms with E-state index >= 15 is 0 Å². The van der Waals surface area contributed by atoms with Gasteiger partial charge in [0.2, 0.25) is 11.5 Å². The number of hydrogen-bond donors (Lipinski definition) is 2. The number of carboxylic acid groups (broad SMARTS) is 1. The Balaban J connectivity index is 2.12. The first-order valence-corrected chi connectivity index (χ1v) is 8.82. The molecule has 1 heterocycles. The van der Waals surface area contributed by atoms with Crippen LogP contribution in [0.2, 0.25) is 0 Å². The van der Waals surface area contributed by atoms with Gasteiger partial charge in [-0.15, -0.1) is 0 Å². The molecule has 0 atom stereocenters. The molecule has 2 aromatic rings. The Morgan fingerprint density at radius 2 is 2.04 bits per heavy atom. The first kappa shape index (κ1) is 17.7. The Bertz CT molecular complexity index is 995. The highest BCUT2D eigenvalue weighted by molar-refractivity contribution is 7.71. The summed E-state index contributed by atoms with van der Waals surface area (Å²) < 4.78 is 26.6. The van der Waals surface area contributed by atoms with Gasteiger partial charge in [-0.25, -0.2) is 13.2 Å². The Morgan fingerprint density at radius 1 is 1.35 bits per heavy atom. The normalized spacial score (nSPS) is 13.7. The molecule has 1 aliphatic rings. The second-order valence-corrected chi connectivity index (χ2v) is 6.76. The van der Waals surface area contributed by atoms with Crippen LogP contribution in [-0.4, -0.2) is 35.4 Å². The summed E-state index contributed by atoms with van der Waals surface area (Å²) in [7, 11) is -2.80. The number of benzene rings is 1. The number of rotatable bonds is 7. The van der Waals surface area contributed by atoms with Crippen molar-refractivity contribution in [3.8, 4) is 0 Å². The predicted octanol–water partition coefficient (Wildman–Crippen LogP) is 1.50. The second kappa shape index (κ2) is 6.67. The van der Waals surface area contributed by atoms with Gasteiger partial charge in [-0.2, -0.15) is 0 Å². The molecular weight excluding hydrogens is 368 g/mol. The van der Waals surface area contributed by atoms with Crippen molar-refractivity contribution in [2.45, 2.75) is 24.5 Å². The third-order valence-corrected chi connectivity index (χ3v) is 4.53. The van der Waals surface area contributed by atoms with Crippen molar-refractivity contribution in [3.05, 3.63) is 56.5 Å². The van der Waals surface area contributed by atoms with Gasteiger partial charge in [-0.3, -0.25) is 14.9 Å². The molecule has 0 bridgehead atoms. The number of nitrogens with zero attached hydrogens (tertiary/aromatic N) is 2. The van der Waals surface area contributed by atoms with Gasteiger partial charge in [0.25, 0.3) is 5.69 Å². The highest BCUT2D eigenvalue weighted by atomic mass is 32.2. The zero-order valence-electron chi connectivity index (χ0n) is 13.1. The van der Waals surface area contributed by atoms with Crippen LogP contribution >= 0.6 is 0 Å². The zero-order chi connectivity index (χ0) is 19.0. The summed E-state index contributed by atoms with van der Waals surface area (Å²) in [6.07, 6.45) is 1.40. The monoisotopic (exact) mass is 380 g/mol. The molecule has 26 heavy (non-hydrogen) atoms. The van der Waals surface area contributed by atoms with Gasteiger partial charge in [0, 0.05) is 12.0 Å². The molecule has 136 valence electrons. The van der Waals surface area contributed by atoms with E-state index < -0.39 is 44.5 Å². The van der Waals surface area contributed by atoms with Crippen LogP contribution < -0.4 is 0 Å². The van der Waals surface area contributed by atoms with E-state index in [1.165, 1.54) is 6.07 Å². The van der Waals surface area contributed by atoms with E-state index in [0.717, 1.165) is 12.1 Å². The molecule has 0 amide bonds. The molecule has 0 aliphatic heterocycles. The molecule has 10 nitrogen and oxygen atoms in total. The average Bonchev–Trinajstić information content (AvgIpc) is 3.31. The molecule has 11 heteroatoms. The predicted molar refractivity (Wildman–Crippen MR) is 86.0 cm³/mol. The smallest absolute Gasteiger partial charge is 0.358 e. The molecule has 0 radical (unpaired) electrons. The molecule has 1 fully saturated rings. The van der Waals surface area contributed by atoms with Gasteiger partial charge < -0.3 is 9.63 Å². The van der Waals surface area contributed by atoms with Crippen molar-refractivity contribution in [1.82, 2.24) is 5.16 Å². The fourth-order valence-electron chi connectivity index (χ4n) is 2.59. The minimum Gasteiger partial charge on any atom is -0.476 e. The number of aromatic carboxylic acids is 1. The van der Waals surface area contributed by atoms with Gasteiger partial charge in [0.15, 0.2) is 5.76 Å². The highest BCUT2D eigenvalue weighted by Crippen LogP contribution is 2.43. The summed E-state index contributed by atoms with van der Waals surface area (Å²) in [5, 5.41) is 24.0. The van der Waals surface area contributed by atoms with Gasteiger partial charge >= 0.3 is 5.97 Å². The number of thiol groups is 1. The minimum absolute atomic E-state index is 0.105. The lowest BCUT2D eigenvalue weighted by atomic mass is 9.97. The van der Waals surface area contributed by atoms with E-state index in [1.54, 1.807) is 0 Å². The van der Waals surface area contributed by atoms with Crippen LogP contribution in [0.3, 0.4) is 0 Å². The third kappa shape index (κ3) is 3.33. The van der Waals surface area contributed by atoms with Crippen LogP contribution in [0.1, 0.15) is 56.5 Å². The van der Waals surface area contributed by atoms with Crippen LogP contribution in [0.15, 0.2) is 22.7 Å². The maximum absolute atomic E-state index is 12.9. The summed E-state index contributed by atoms with van der Waals surface area (Å²) in [6, 6.07) is 3.38. The van der Waals surface area contributed by atoms with Crippen LogP contribution in [0.25, 0.3) is 0 Å². The lowest BCUT2D eigenvalue weighted by molar-refractivity contribution is -0.385. The molecular formula is C15H12N2O8S. The van der Waals surface area contributed by atoms with E-state index in [0.29, 0.717) is 12.8 Å². The Hall–Kier alpha value is -3.08. The van der Waals surface area contributed by atoms with Gasteiger partial charge in [-0.05, 0) is 24.5 Å². The number of carbonyl (C=O) groups excluding carboxylic acids is 1. The fourth-order valence-corrected chi connectivity index (χ4v) is 3.09. The van der Waals surface area contributed by atoms with Crippen molar-refractivity contribution < 1.29 is 32.6 Å². The zero-order valence-corrected chi connectivity index (χ0v) is 14.0. The quantitative estimate of drug-likeness (QED) is 0.314. The standard InChI is InChI=1S/C15H12N2O8S/c18-13(11-12(15(19)20)16-25-14(11)8-2-3-8)9-4-1-7(6-26(23)24)5-10(9)17(21)22/h1,4-5,8,26H,2-3,6H2,(H,19,20). The maximum Gasteiger partial charge on any atom is 0.358 e. The van der Waals surface area contributed by atoms with E-state index in [-0.39, 0.29) is 28.4 Å². The molecule has 3 rings (SSSR count). The second-order valence-electron chi connectivity index (χ2n) is 5.78. The summed E-state index contributed by atoms with van der Waals surface area (Å²) in [6.45, 7) is 0. The van der Waals surface area contributed by atoms with Crippen LogP contribution in [0.4, 0.5) is 5.69 Å². The Labute approximate surface area is 147 Å². The summed E-state index contributed by atoms with van der Waals surface area (Å²) >= 11 is 0. The number of carbonyl (C=O) groups is 2. The molecule has 1 aromatic carbocycles. The average molecular weight is 380 g/mol. The summed E-state index contributed by atoms with van der Waals surface area (Å²) in [5.74, 6) is -2.82. The first-order chi connectivity index (χ1) is 12.3. The molecule has 1 saturated carbocycles. The van der Waals surface area contributed by atoms with Crippen LogP contribution in [0.5, 0.6) is 0 Å². The maximum atomic E-state index is 12.9. The van der Waals surface area contributed by atoms with Crippen LogP contribution in [-0.2, 0) is 16.5 Å². The summed E-state index contributed by atoms with van der Waals surface area (Å²) in [4.78, 5) is 34.7. The van der Waals surface area contributed by atoms with Gasteiger partial charge in [0.05, 0.1) is 10.7 Å². The van der Waals surface area contributed by atoms with Crippen molar-refractivity contribution in [1.29, 1.82) is 0 Å². The summed E-state index contributed by atoms with van der Waals surface area (Å²) in [5.41, 5.74) is -1.71. The number of nitro groups is 1. The van der Waals surface area contributed by atoms with Crippen molar-refractivity contribution in [2.75, 3.05) is 0 Å². The first-order valence-electron chi connectivity index (χ1n) is 7.46. The highest BCUT2D eigenvalue weighted by Gasteiger charge is 2.38. The molecule has 0 spiro atoms. The van der Waals surface area contributed by atoms with Crippen molar-refractivity contribution >= 4 is 28.1 Å². The van der Waals surface area contributed by atoms with Crippen LogP contribution in [0, 0.1) is 10.1 Å². The van der Waals surface area contributed by atoms with E-state index in [1.807, 2.05) is 0 Å². The molecule has 1 aliphatic carbocycles. The van der Waals surface area contributed by atoms with Crippen molar-refractivity contribution in [3.63, 3.8) is 0 Å². The Kier molecular flexibility index (Phi) is 4.55.